The third-order valence-corrected chi connectivity index (χ3v) is 3.26. The number of rotatable bonds is 5. The number of hydrogen-bond acceptors (Lipinski definition) is 6. The Morgan fingerprint density at radius 1 is 1.04 bits per heavy atom. The lowest BCUT2D eigenvalue weighted by Crippen LogP contribution is -2.09. The van der Waals surface area contributed by atoms with Crippen LogP contribution < -0.4 is 19.5 Å². The lowest BCUT2D eigenvalue weighted by Gasteiger charge is -2.15. The van der Waals surface area contributed by atoms with E-state index < -0.39 is 16.9 Å². The molecule has 0 atom stereocenters. The first kappa shape index (κ1) is 17.9. The van der Waals surface area contributed by atoms with Gasteiger partial charge in [-0.3, -0.25) is 0 Å². The fourth-order valence-electron chi connectivity index (χ4n) is 1.89. The molecule has 0 saturated heterocycles. The Kier molecular flexibility index (Phi) is 5.23. The van der Waals surface area contributed by atoms with Crippen molar-refractivity contribution in [2.24, 2.45) is 0 Å². The number of halogens is 4. The van der Waals surface area contributed by atoms with Crippen LogP contribution in [0.3, 0.4) is 0 Å². The summed E-state index contributed by atoms with van der Waals surface area (Å²) < 4.78 is 53.5. The Morgan fingerprint density at radius 2 is 1.62 bits per heavy atom. The van der Waals surface area contributed by atoms with E-state index in [0.717, 1.165) is 0 Å². The largest absolute Gasteiger partial charge is 0.493 e. The van der Waals surface area contributed by atoms with Crippen molar-refractivity contribution in [2.45, 2.75) is 6.18 Å². The van der Waals surface area contributed by atoms with E-state index in [-0.39, 0.29) is 5.95 Å². The topological polar surface area (TPSA) is 65.5 Å². The third-order valence-electron chi connectivity index (χ3n) is 2.97. The van der Waals surface area contributed by atoms with Gasteiger partial charge in [0.2, 0.25) is 11.7 Å². The van der Waals surface area contributed by atoms with Crippen LogP contribution in [-0.4, -0.2) is 31.3 Å². The zero-order valence-electron chi connectivity index (χ0n) is 12.9. The van der Waals surface area contributed by atoms with E-state index in [1.54, 1.807) is 12.1 Å². The fourth-order valence-corrected chi connectivity index (χ4v) is 2.13. The maximum Gasteiger partial charge on any atom is 0.420 e. The van der Waals surface area contributed by atoms with Crippen molar-refractivity contribution >= 4 is 23.2 Å². The molecule has 24 heavy (non-hydrogen) atoms. The summed E-state index contributed by atoms with van der Waals surface area (Å²) in [6.45, 7) is 0. The number of nitrogens with zero attached hydrogens (tertiary/aromatic N) is 2. The van der Waals surface area contributed by atoms with E-state index in [2.05, 4.69) is 15.3 Å². The molecule has 2 aromatic rings. The SMILES string of the molecule is COc1cc(Nc2ncc(C(F)(F)F)c(Cl)n2)cc(OC)c1OC. The van der Waals surface area contributed by atoms with Gasteiger partial charge in [0.25, 0.3) is 0 Å². The smallest absolute Gasteiger partial charge is 0.420 e. The Labute approximate surface area is 140 Å². The van der Waals surface area contributed by atoms with Gasteiger partial charge in [-0.25, -0.2) is 9.97 Å². The summed E-state index contributed by atoms with van der Waals surface area (Å²) in [7, 11) is 4.32. The molecule has 0 saturated carbocycles. The first-order chi connectivity index (χ1) is 11.3. The molecule has 1 heterocycles. The average Bonchev–Trinajstić information content (AvgIpc) is 2.52. The Morgan fingerprint density at radius 3 is 2.04 bits per heavy atom. The molecule has 1 aromatic heterocycles. The highest BCUT2D eigenvalue weighted by Crippen LogP contribution is 2.40. The molecule has 1 aromatic carbocycles. The summed E-state index contributed by atoms with van der Waals surface area (Å²) in [6.07, 6.45) is -4.02. The monoisotopic (exact) mass is 363 g/mol. The normalized spacial score (nSPS) is 11.1. The molecule has 0 unspecified atom stereocenters. The number of methoxy groups -OCH3 is 3. The number of hydrogen-bond donors (Lipinski definition) is 1. The van der Waals surface area contributed by atoms with Crippen LogP contribution in [0.4, 0.5) is 24.8 Å². The van der Waals surface area contributed by atoms with E-state index >= 15 is 0 Å². The van der Waals surface area contributed by atoms with Gasteiger partial charge in [0.15, 0.2) is 11.5 Å². The van der Waals surface area contributed by atoms with E-state index in [9.17, 15) is 13.2 Å². The second-order valence-electron chi connectivity index (χ2n) is 4.43. The molecule has 10 heteroatoms. The van der Waals surface area contributed by atoms with Crippen molar-refractivity contribution in [1.82, 2.24) is 9.97 Å². The quantitative estimate of drug-likeness (QED) is 0.812. The van der Waals surface area contributed by atoms with E-state index in [1.807, 2.05) is 0 Å². The minimum Gasteiger partial charge on any atom is -0.493 e. The van der Waals surface area contributed by atoms with Crippen LogP contribution >= 0.6 is 11.6 Å². The Hall–Kier alpha value is -2.42. The van der Waals surface area contributed by atoms with E-state index in [4.69, 9.17) is 25.8 Å². The molecule has 0 aliphatic rings. The molecule has 0 bridgehead atoms. The van der Waals surface area contributed by atoms with Gasteiger partial charge in [-0.15, -0.1) is 0 Å². The van der Waals surface area contributed by atoms with Gasteiger partial charge in [0.05, 0.1) is 21.3 Å². The van der Waals surface area contributed by atoms with Gasteiger partial charge in [-0.2, -0.15) is 13.2 Å². The molecular weight excluding hydrogens is 351 g/mol. The van der Waals surface area contributed by atoms with Crippen molar-refractivity contribution < 1.29 is 27.4 Å². The second-order valence-corrected chi connectivity index (χ2v) is 4.79. The maximum atomic E-state index is 12.7. The number of nitrogens with one attached hydrogen (secondary N) is 1. The van der Waals surface area contributed by atoms with Crippen molar-refractivity contribution in [3.8, 4) is 17.2 Å². The highest BCUT2D eigenvalue weighted by Gasteiger charge is 2.34. The summed E-state index contributed by atoms with van der Waals surface area (Å²) in [5, 5.41) is 2.03. The predicted octanol–water partition coefficient (Wildman–Crippen LogP) is 3.92. The first-order valence-corrected chi connectivity index (χ1v) is 6.84. The van der Waals surface area contributed by atoms with Gasteiger partial charge in [-0.05, 0) is 0 Å². The van der Waals surface area contributed by atoms with E-state index in [0.29, 0.717) is 29.1 Å². The molecular formula is C14H13ClF3N3O3. The summed E-state index contributed by atoms with van der Waals surface area (Å²) in [6, 6.07) is 3.10. The Balaban J connectivity index is 2.36. The minimum absolute atomic E-state index is 0.109. The standard InChI is InChI=1S/C14H13ClF3N3O3/c1-22-9-4-7(5-10(23-2)11(9)24-3)20-13-19-6-8(12(15)21-13)14(16,17)18/h4-6H,1-3H3,(H,19,20,21). The van der Waals surface area contributed by atoms with Crippen molar-refractivity contribution in [2.75, 3.05) is 26.6 Å². The zero-order chi connectivity index (χ0) is 17.9. The minimum atomic E-state index is -4.62. The van der Waals surface area contributed by atoms with Crippen molar-refractivity contribution in [3.63, 3.8) is 0 Å². The number of aromatic nitrogens is 2. The molecule has 1 N–H and O–H groups in total. The third kappa shape index (κ3) is 3.73. The van der Waals surface area contributed by atoms with Crippen LogP contribution in [0.2, 0.25) is 5.15 Å². The van der Waals surface area contributed by atoms with Crippen LogP contribution in [0.25, 0.3) is 0 Å². The molecule has 2 rings (SSSR count). The van der Waals surface area contributed by atoms with Crippen LogP contribution in [0.5, 0.6) is 17.2 Å². The maximum absolute atomic E-state index is 12.7. The summed E-state index contributed by atoms with van der Waals surface area (Å²) in [4.78, 5) is 7.21. The molecule has 0 spiro atoms. The lowest BCUT2D eigenvalue weighted by atomic mass is 10.2. The predicted molar refractivity (Wildman–Crippen MR) is 81.4 cm³/mol. The first-order valence-electron chi connectivity index (χ1n) is 6.47. The molecule has 0 aliphatic heterocycles. The van der Waals surface area contributed by atoms with Gasteiger partial charge >= 0.3 is 6.18 Å². The molecule has 0 radical (unpaired) electrons. The van der Waals surface area contributed by atoms with Crippen LogP contribution in [0, 0.1) is 0 Å². The van der Waals surface area contributed by atoms with Crippen LogP contribution in [0.15, 0.2) is 18.3 Å². The summed E-state index contributed by atoms with van der Waals surface area (Å²) in [5.41, 5.74) is -0.695. The van der Waals surface area contributed by atoms with Gasteiger partial charge < -0.3 is 19.5 Å². The number of benzene rings is 1. The van der Waals surface area contributed by atoms with Crippen LogP contribution in [0.1, 0.15) is 5.56 Å². The number of ether oxygens (including phenoxy) is 3. The number of alkyl halides is 3. The second kappa shape index (κ2) is 7.00. The Bertz CT molecular complexity index is 716. The van der Waals surface area contributed by atoms with Gasteiger partial charge in [-0.1, -0.05) is 11.6 Å². The van der Waals surface area contributed by atoms with Gasteiger partial charge in [0.1, 0.15) is 10.7 Å². The van der Waals surface area contributed by atoms with Crippen molar-refractivity contribution in [3.05, 3.63) is 29.0 Å². The lowest BCUT2D eigenvalue weighted by molar-refractivity contribution is -0.137. The highest BCUT2D eigenvalue weighted by atomic mass is 35.5. The van der Waals surface area contributed by atoms with Crippen LogP contribution in [-0.2, 0) is 6.18 Å². The molecule has 6 nitrogen and oxygen atoms in total. The number of anilines is 2. The molecule has 0 fully saturated rings. The van der Waals surface area contributed by atoms with E-state index in [1.165, 1.54) is 21.3 Å². The van der Waals surface area contributed by atoms with Gasteiger partial charge in [0, 0.05) is 24.0 Å². The zero-order valence-corrected chi connectivity index (χ0v) is 13.6. The van der Waals surface area contributed by atoms with Crippen molar-refractivity contribution in [1.29, 1.82) is 0 Å². The molecule has 130 valence electrons. The highest BCUT2D eigenvalue weighted by molar-refractivity contribution is 6.30. The molecule has 0 amide bonds. The average molecular weight is 364 g/mol. The fraction of sp³-hybridized carbons (Fsp3) is 0.286. The molecule has 0 aliphatic carbocycles. The summed E-state index contributed by atoms with van der Waals surface area (Å²) in [5.74, 6) is 0.980. The summed E-state index contributed by atoms with van der Waals surface area (Å²) >= 11 is 5.56.